The fourth-order valence-electron chi connectivity index (χ4n) is 1.56. The summed E-state index contributed by atoms with van der Waals surface area (Å²) in [5, 5.41) is 11.1. The van der Waals surface area contributed by atoms with Crippen molar-refractivity contribution in [2.24, 2.45) is 0 Å². The first-order chi connectivity index (χ1) is 9.51. The van der Waals surface area contributed by atoms with Crippen LogP contribution in [0.3, 0.4) is 0 Å². The Kier molecular flexibility index (Phi) is 3.62. The fourth-order valence-corrected chi connectivity index (χ4v) is 1.56. The van der Waals surface area contributed by atoms with Crippen molar-refractivity contribution in [1.29, 1.82) is 5.26 Å². The Hall–Kier alpha value is -2.94. The van der Waals surface area contributed by atoms with Crippen molar-refractivity contribution < 1.29 is 13.6 Å². The Labute approximate surface area is 113 Å². The maximum Gasteiger partial charge on any atom is 0.255 e. The molecule has 2 aromatic carbocycles. The third-order valence-electron chi connectivity index (χ3n) is 2.61. The van der Waals surface area contributed by atoms with Crippen molar-refractivity contribution in [3.8, 4) is 6.07 Å². The van der Waals surface area contributed by atoms with Gasteiger partial charge >= 0.3 is 0 Å². The van der Waals surface area contributed by atoms with Crippen LogP contribution in [0.5, 0.6) is 0 Å². The molecule has 0 aliphatic carbocycles. The molecule has 0 unspecified atom stereocenters. The van der Waals surface area contributed by atoms with Crippen LogP contribution in [0.15, 0.2) is 36.4 Å². The van der Waals surface area contributed by atoms with Crippen molar-refractivity contribution in [2.45, 2.75) is 0 Å². The van der Waals surface area contributed by atoms with E-state index in [1.165, 1.54) is 24.3 Å². The van der Waals surface area contributed by atoms with Gasteiger partial charge in [0.15, 0.2) is 0 Å². The molecule has 0 spiro atoms. The van der Waals surface area contributed by atoms with Crippen LogP contribution >= 0.6 is 0 Å². The minimum atomic E-state index is -0.700. The number of nitriles is 1. The Morgan fingerprint density at radius 3 is 2.55 bits per heavy atom. The van der Waals surface area contributed by atoms with Crippen LogP contribution in [0.2, 0.25) is 0 Å². The number of anilines is 2. The number of nitrogens with one attached hydrogen (secondary N) is 1. The number of hydrogen-bond acceptors (Lipinski definition) is 3. The first kappa shape index (κ1) is 13.5. The summed E-state index contributed by atoms with van der Waals surface area (Å²) in [6, 6.07) is 8.87. The Morgan fingerprint density at radius 2 is 1.90 bits per heavy atom. The van der Waals surface area contributed by atoms with E-state index in [2.05, 4.69) is 5.32 Å². The van der Waals surface area contributed by atoms with Gasteiger partial charge < -0.3 is 11.1 Å². The fraction of sp³-hybridized carbons (Fsp3) is 0. The van der Waals surface area contributed by atoms with Gasteiger partial charge in [-0.1, -0.05) is 0 Å². The molecule has 100 valence electrons. The third-order valence-corrected chi connectivity index (χ3v) is 2.61. The molecule has 2 aromatic rings. The Morgan fingerprint density at radius 1 is 1.15 bits per heavy atom. The average Bonchev–Trinajstić information content (AvgIpc) is 2.43. The predicted molar refractivity (Wildman–Crippen MR) is 69.9 cm³/mol. The number of rotatable bonds is 2. The number of hydrogen-bond donors (Lipinski definition) is 2. The SMILES string of the molecule is N#Cc1cc(NC(=O)c2ccc(N)c(F)c2)ccc1F. The highest BCUT2D eigenvalue weighted by atomic mass is 19.1. The number of nitrogens with two attached hydrogens (primary N) is 1. The van der Waals surface area contributed by atoms with E-state index in [0.29, 0.717) is 0 Å². The van der Waals surface area contributed by atoms with Crippen molar-refractivity contribution in [2.75, 3.05) is 11.1 Å². The lowest BCUT2D eigenvalue weighted by Crippen LogP contribution is -2.12. The van der Waals surface area contributed by atoms with E-state index >= 15 is 0 Å². The van der Waals surface area contributed by atoms with Gasteiger partial charge in [-0.3, -0.25) is 4.79 Å². The normalized spacial score (nSPS) is 9.85. The number of nitrogen functional groups attached to an aromatic ring is 1. The lowest BCUT2D eigenvalue weighted by atomic mass is 10.1. The van der Waals surface area contributed by atoms with Crippen LogP contribution in [-0.2, 0) is 0 Å². The van der Waals surface area contributed by atoms with Crippen molar-refractivity contribution in [3.63, 3.8) is 0 Å². The third kappa shape index (κ3) is 2.72. The zero-order valence-corrected chi connectivity index (χ0v) is 10.2. The highest BCUT2D eigenvalue weighted by Gasteiger charge is 2.10. The summed E-state index contributed by atoms with van der Waals surface area (Å²) in [6.45, 7) is 0. The number of carbonyl (C=O) groups is 1. The highest BCUT2D eigenvalue weighted by molar-refractivity contribution is 6.04. The van der Waals surface area contributed by atoms with Crippen LogP contribution in [0, 0.1) is 23.0 Å². The molecule has 0 fully saturated rings. The molecular formula is C14H9F2N3O. The second-order valence-corrected chi connectivity index (χ2v) is 4.00. The molecule has 0 aromatic heterocycles. The van der Waals surface area contributed by atoms with Crippen LogP contribution in [0.25, 0.3) is 0 Å². The summed E-state index contributed by atoms with van der Waals surface area (Å²) < 4.78 is 26.4. The quantitative estimate of drug-likeness (QED) is 0.825. The van der Waals surface area contributed by atoms with Crippen LogP contribution in [-0.4, -0.2) is 5.91 Å². The monoisotopic (exact) mass is 273 g/mol. The summed E-state index contributed by atoms with van der Waals surface area (Å²) in [5.74, 6) is -1.96. The van der Waals surface area contributed by atoms with Crippen LogP contribution in [0.1, 0.15) is 15.9 Å². The first-order valence-electron chi connectivity index (χ1n) is 5.57. The minimum Gasteiger partial charge on any atom is -0.396 e. The topological polar surface area (TPSA) is 78.9 Å². The molecule has 0 heterocycles. The first-order valence-corrected chi connectivity index (χ1v) is 5.57. The van der Waals surface area contributed by atoms with Gasteiger partial charge in [-0.2, -0.15) is 5.26 Å². The second kappa shape index (κ2) is 5.36. The molecule has 6 heteroatoms. The van der Waals surface area contributed by atoms with E-state index in [-0.39, 0.29) is 22.5 Å². The molecule has 0 saturated carbocycles. The number of benzene rings is 2. The molecule has 20 heavy (non-hydrogen) atoms. The molecular weight excluding hydrogens is 264 g/mol. The second-order valence-electron chi connectivity index (χ2n) is 4.00. The van der Waals surface area contributed by atoms with E-state index in [0.717, 1.165) is 12.1 Å². The standard InChI is InChI=1S/C14H9F2N3O/c15-11-3-2-10(5-9(11)7-17)19-14(20)8-1-4-13(18)12(16)6-8/h1-6H,18H2,(H,19,20). The van der Waals surface area contributed by atoms with Crippen molar-refractivity contribution in [1.82, 2.24) is 0 Å². The summed E-state index contributed by atoms with van der Waals surface area (Å²) in [6.07, 6.45) is 0. The van der Waals surface area contributed by atoms with Gasteiger partial charge in [-0.05, 0) is 36.4 Å². The van der Waals surface area contributed by atoms with E-state index in [1.807, 2.05) is 0 Å². The van der Waals surface area contributed by atoms with Gasteiger partial charge in [0.1, 0.15) is 17.7 Å². The smallest absolute Gasteiger partial charge is 0.255 e. The number of halogens is 2. The van der Waals surface area contributed by atoms with Crippen molar-refractivity contribution >= 4 is 17.3 Å². The molecule has 0 aliphatic rings. The molecule has 3 N–H and O–H groups in total. The van der Waals surface area contributed by atoms with Crippen molar-refractivity contribution in [3.05, 3.63) is 59.2 Å². The highest BCUT2D eigenvalue weighted by Crippen LogP contribution is 2.16. The zero-order chi connectivity index (χ0) is 14.7. The van der Waals surface area contributed by atoms with Gasteiger partial charge in [-0.15, -0.1) is 0 Å². The van der Waals surface area contributed by atoms with E-state index in [4.69, 9.17) is 11.0 Å². The molecule has 0 radical (unpaired) electrons. The van der Waals surface area contributed by atoms with E-state index in [1.54, 1.807) is 6.07 Å². The maximum absolute atomic E-state index is 13.3. The summed E-state index contributed by atoms with van der Waals surface area (Å²) in [7, 11) is 0. The minimum absolute atomic E-state index is 0.0601. The molecule has 0 saturated heterocycles. The number of nitrogens with zero attached hydrogens (tertiary/aromatic N) is 1. The summed E-state index contributed by atoms with van der Waals surface area (Å²) >= 11 is 0. The lowest BCUT2D eigenvalue weighted by molar-refractivity contribution is 0.102. The molecule has 0 bridgehead atoms. The zero-order valence-electron chi connectivity index (χ0n) is 10.2. The molecule has 1 amide bonds. The molecule has 2 rings (SSSR count). The van der Waals surface area contributed by atoms with Gasteiger partial charge in [0.05, 0.1) is 11.3 Å². The van der Waals surface area contributed by atoms with E-state index in [9.17, 15) is 13.6 Å². The predicted octanol–water partition coefficient (Wildman–Crippen LogP) is 2.67. The number of amides is 1. The van der Waals surface area contributed by atoms with Gasteiger partial charge in [0.25, 0.3) is 5.91 Å². The summed E-state index contributed by atoms with van der Waals surface area (Å²) in [5.41, 5.74) is 5.37. The van der Waals surface area contributed by atoms with Gasteiger partial charge in [0, 0.05) is 11.3 Å². The molecule has 4 nitrogen and oxygen atoms in total. The Bertz CT molecular complexity index is 723. The van der Waals surface area contributed by atoms with Gasteiger partial charge in [-0.25, -0.2) is 8.78 Å². The summed E-state index contributed by atoms with van der Waals surface area (Å²) in [4.78, 5) is 11.9. The van der Waals surface area contributed by atoms with Crippen LogP contribution in [0.4, 0.5) is 20.2 Å². The average molecular weight is 273 g/mol. The Balaban J connectivity index is 2.23. The van der Waals surface area contributed by atoms with E-state index < -0.39 is 17.5 Å². The molecule has 0 atom stereocenters. The number of carbonyl (C=O) groups excluding carboxylic acids is 1. The maximum atomic E-state index is 13.3. The van der Waals surface area contributed by atoms with Gasteiger partial charge in [0.2, 0.25) is 0 Å². The largest absolute Gasteiger partial charge is 0.396 e. The lowest BCUT2D eigenvalue weighted by Gasteiger charge is -2.06. The van der Waals surface area contributed by atoms with Crippen LogP contribution < -0.4 is 11.1 Å². The molecule has 0 aliphatic heterocycles.